The van der Waals surface area contributed by atoms with E-state index < -0.39 is 5.97 Å². The largest absolute Gasteiger partial charge is 0.496 e. The van der Waals surface area contributed by atoms with Crippen LogP contribution in [0.25, 0.3) is 0 Å². The zero-order chi connectivity index (χ0) is 12.8. The van der Waals surface area contributed by atoms with Crippen LogP contribution in [-0.4, -0.2) is 19.7 Å². The van der Waals surface area contributed by atoms with Crippen LogP contribution in [0, 0.1) is 5.92 Å². The van der Waals surface area contributed by atoms with E-state index >= 15 is 0 Å². The van der Waals surface area contributed by atoms with Gasteiger partial charge in [-0.15, -0.1) is 0 Å². The molecular weight excluding hydrogens is 218 g/mol. The Hall–Kier alpha value is -1.71. The monoisotopic (exact) mass is 237 g/mol. The van der Waals surface area contributed by atoms with E-state index in [1.54, 1.807) is 18.2 Å². The number of rotatable bonds is 5. The lowest BCUT2D eigenvalue weighted by molar-refractivity contribution is 0.0484. The van der Waals surface area contributed by atoms with Crippen molar-refractivity contribution in [2.75, 3.05) is 19.5 Å². The van der Waals surface area contributed by atoms with Gasteiger partial charge >= 0.3 is 5.97 Å². The van der Waals surface area contributed by atoms with Gasteiger partial charge in [-0.2, -0.15) is 0 Å². The average Bonchev–Trinajstić information content (AvgIpc) is 2.28. The highest BCUT2D eigenvalue weighted by atomic mass is 16.5. The molecule has 1 aromatic carbocycles. The van der Waals surface area contributed by atoms with Gasteiger partial charge in [-0.05, 0) is 30.5 Å². The SMILES string of the molecule is COc1ccc(N)cc1C(=O)OCCC(C)C. The van der Waals surface area contributed by atoms with Crippen molar-refractivity contribution < 1.29 is 14.3 Å². The van der Waals surface area contributed by atoms with Gasteiger partial charge in [0.15, 0.2) is 0 Å². The van der Waals surface area contributed by atoms with E-state index in [1.165, 1.54) is 7.11 Å². The Morgan fingerprint density at radius 2 is 2.12 bits per heavy atom. The number of ether oxygens (including phenoxy) is 2. The fraction of sp³-hybridized carbons (Fsp3) is 0.462. The normalized spacial score (nSPS) is 10.4. The van der Waals surface area contributed by atoms with Gasteiger partial charge in [0.05, 0.1) is 13.7 Å². The van der Waals surface area contributed by atoms with E-state index in [-0.39, 0.29) is 0 Å². The summed E-state index contributed by atoms with van der Waals surface area (Å²) < 4.78 is 10.3. The second-order valence-electron chi connectivity index (χ2n) is 4.28. The number of esters is 1. The Kier molecular flexibility index (Phi) is 4.82. The van der Waals surface area contributed by atoms with E-state index in [1.807, 2.05) is 0 Å². The van der Waals surface area contributed by atoms with E-state index in [0.717, 1.165) is 6.42 Å². The molecule has 0 fully saturated rings. The Morgan fingerprint density at radius 3 is 2.71 bits per heavy atom. The van der Waals surface area contributed by atoms with Gasteiger partial charge in [-0.3, -0.25) is 0 Å². The molecule has 0 spiro atoms. The molecule has 0 saturated carbocycles. The smallest absolute Gasteiger partial charge is 0.341 e. The number of anilines is 1. The number of hydrogen-bond donors (Lipinski definition) is 1. The van der Waals surface area contributed by atoms with Gasteiger partial charge < -0.3 is 15.2 Å². The summed E-state index contributed by atoms with van der Waals surface area (Å²) in [6, 6.07) is 4.91. The zero-order valence-corrected chi connectivity index (χ0v) is 10.5. The summed E-state index contributed by atoms with van der Waals surface area (Å²) in [5.41, 5.74) is 6.52. The number of benzene rings is 1. The van der Waals surface area contributed by atoms with E-state index in [2.05, 4.69) is 13.8 Å². The molecule has 4 nitrogen and oxygen atoms in total. The van der Waals surface area contributed by atoms with Crippen molar-refractivity contribution in [3.05, 3.63) is 23.8 Å². The molecule has 0 aliphatic carbocycles. The van der Waals surface area contributed by atoms with Crippen molar-refractivity contribution in [1.82, 2.24) is 0 Å². The first-order valence-corrected chi connectivity index (χ1v) is 5.65. The number of nitrogen functional groups attached to an aromatic ring is 1. The number of hydrogen-bond acceptors (Lipinski definition) is 4. The Labute approximate surface area is 102 Å². The van der Waals surface area contributed by atoms with Crippen LogP contribution < -0.4 is 10.5 Å². The third-order valence-electron chi connectivity index (χ3n) is 2.37. The number of nitrogens with two attached hydrogens (primary N) is 1. The van der Waals surface area contributed by atoms with Crippen molar-refractivity contribution in [2.45, 2.75) is 20.3 Å². The lowest BCUT2D eigenvalue weighted by Gasteiger charge is -2.10. The van der Waals surface area contributed by atoms with Crippen LogP contribution >= 0.6 is 0 Å². The molecule has 0 amide bonds. The van der Waals surface area contributed by atoms with Gasteiger partial charge in [0.1, 0.15) is 11.3 Å². The van der Waals surface area contributed by atoms with Crippen LogP contribution in [0.1, 0.15) is 30.6 Å². The van der Waals surface area contributed by atoms with Crippen molar-refractivity contribution in [3.63, 3.8) is 0 Å². The Morgan fingerprint density at radius 1 is 1.41 bits per heavy atom. The Balaban J connectivity index is 2.70. The molecule has 0 radical (unpaired) electrons. The standard InChI is InChI=1S/C13H19NO3/c1-9(2)6-7-17-13(15)11-8-10(14)4-5-12(11)16-3/h4-5,8-9H,6-7,14H2,1-3H3. The molecular formula is C13H19NO3. The molecule has 0 bridgehead atoms. The first-order valence-electron chi connectivity index (χ1n) is 5.65. The van der Waals surface area contributed by atoms with Crippen LogP contribution in [0.3, 0.4) is 0 Å². The number of carbonyl (C=O) groups is 1. The summed E-state index contributed by atoms with van der Waals surface area (Å²) in [5, 5.41) is 0. The van der Waals surface area contributed by atoms with Crippen molar-refractivity contribution in [3.8, 4) is 5.75 Å². The fourth-order valence-electron chi connectivity index (χ4n) is 1.35. The molecule has 94 valence electrons. The molecule has 17 heavy (non-hydrogen) atoms. The third-order valence-corrected chi connectivity index (χ3v) is 2.37. The van der Waals surface area contributed by atoms with Crippen molar-refractivity contribution >= 4 is 11.7 Å². The van der Waals surface area contributed by atoms with Gasteiger partial charge in [0, 0.05) is 5.69 Å². The predicted octanol–water partition coefficient (Wildman–Crippen LogP) is 2.48. The molecule has 0 aliphatic heterocycles. The molecule has 1 rings (SSSR count). The minimum atomic E-state index is -0.394. The average molecular weight is 237 g/mol. The molecule has 2 N–H and O–H groups in total. The Bertz CT molecular complexity index is 388. The van der Waals surface area contributed by atoms with Gasteiger partial charge in [0.2, 0.25) is 0 Å². The second-order valence-corrected chi connectivity index (χ2v) is 4.28. The van der Waals surface area contributed by atoms with Crippen molar-refractivity contribution in [2.24, 2.45) is 5.92 Å². The molecule has 1 aromatic rings. The van der Waals surface area contributed by atoms with E-state index in [9.17, 15) is 4.79 Å². The highest BCUT2D eigenvalue weighted by molar-refractivity contribution is 5.93. The highest BCUT2D eigenvalue weighted by Crippen LogP contribution is 2.22. The molecule has 0 saturated heterocycles. The molecule has 0 aliphatic rings. The number of carbonyl (C=O) groups excluding carboxylic acids is 1. The van der Waals surface area contributed by atoms with Crippen LogP contribution in [-0.2, 0) is 4.74 Å². The summed E-state index contributed by atoms with van der Waals surface area (Å²) >= 11 is 0. The minimum absolute atomic E-state index is 0.372. The van der Waals surface area contributed by atoms with Crippen LogP contribution in [0.15, 0.2) is 18.2 Å². The zero-order valence-electron chi connectivity index (χ0n) is 10.5. The maximum atomic E-state index is 11.8. The molecule has 0 heterocycles. The second kappa shape index (κ2) is 6.13. The maximum Gasteiger partial charge on any atom is 0.341 e. The minimum Gasteiger partial charge on any atom is -0.496 e. The predicted molar refractivity (Wildman–Crippen MR) is 67.1 cm³/mol. The van der Waals surface area contributed by atoms with Gasteiger partial charge in [0.25, 0.3) is 0 Å². The molecule has 0 aromatic heterocycles. The first kappa shape index (κ1) is 13.4. The molecule has 4 heteroatoms. The van der Waals surface area contributed by atoms with E-state index in [0.29, 0.717) is 29.5 Å². The number of methoxy groups -OCH3 is 1. The maximum absolute atomic E-state index is 11.8. The molecule has 0 atom stereocenters. The van der Waals surface area contributed by atoms with Gasteiger partial charge in [-0.1, -0.05) is 13.8 Å². The summed E-state index contributed by atoms with van der Waals surface area (Å²) in [5.74, 6) is 0.592. The van der Waals surface area contributed by atoms with Crippen LogP contribution in [0.5, 0.6) is 5.75 Å². The summed E-state index contributed by atoms with van der Waals surface area (Å²) in [6.45, 7) is 4.57. The van der Waals surface area contributed by atoms with Crippen LogP contribution in [0.4, 0.5) is 5.69 Å². The first-order chi connectivity index (χ1) is 8.04. The van der Waals surface area contributed by atoms with Crippen LogP contribution in [0.2, 0.25) is 0 Å². The summed E-state index contributed by atoms with van der Waals surface area (Å²) in [4.78, 5) is 11.8. The van der Waals surface area contributed by atoms with E-state index in [4.69, 9.17) is 15.2 Å². The topological polar surface area (TPSA) is 61.5 Å². The lowest BCUT2D eigenvalue weighted by Crippen LogP contribution is -2.10. The fourth-order valence-corrected chi connectivity index (χ4v) is 1.35. The summed E-state index contributed by atoms with van der Waals surface area (Å²) in [6.07, 6.45) is 0.844. The molecule has 0 unspecified atom stereocenters. The lowest BCUT2D eigenvalue weighted by atomic mass is 10.1. The summed E-state index contributed by atoms with van der Waals surface area (Å²) in [7, 11) is 1.51. The third kappa shape index (κ3) is 3.98. The quantitative estimate of drug-likeness (QED) is 0.631. The highest BCUT2D eigenvalue weighted by Gasteiger charge is 2.14. The van der Waals surface area contributed by atoms with Crippen molar-refractivity contribution in [1.29, 1.82) is 0 Å². The van der Waals surface area contributed by atoms with Gasteiger partial charge in [-0.25, -0.2) is 4.79 Å².